The molecule has 21 heavy (non-hydrogen) atoms. The van der Waals surface area contributed by atoms with Crippen LogP contribution in [-0.4, -0.2) is 30.2 Å². The van der Waals surface area contributed by atoms with Crippen LogP contribution in [-0.2, 0) is 0 Å². The van der Waals surface area contributed by atoms with Crippen LogP contribution < -0.4 is 10.2 Å². The van der Waals surface area contributed by atoms with Crippen LogP contribution in [0.3, 0.4) is 0 Å². The Morgan fingerprint density at radius 2 is 2.14 bits per heavy atom. The molecule has 1 aliphatic heterocycles. The summed E-state index contributed by atoms with van der Waals surface area (Å²) in [5.41, 5.74) is 2.24. The Labute approximate surface area is 130 Å². The number of nitrogens with one attached hydrogen (secondary N) is 1. The molecule has 2 unspecified atom stereocenters. The van der Waals surface area contributed by atoms with E-state index >= 15 is 0 Å². The number of piperazine rings is 1. The highest BCUT2D eigenvalue weighted by Gasteiger charge is 2.36. The number of hydrogen-bond acceptors (Lipinski definition) is 3. The van der Waals surface area contributed by atoms with E-state index in [0.29, 0.717) is 12.1 Å². The van der Waals surface area contributed by atoms with Crippen LogP contribution in [0.25, 0.3) is 10.9 Å². The number of fused-ring (bicyclic) bond motifs is 1. The summed E-state index contributed by atoms with van der Waals surface area (Å²) in [7, 11) is 0. The number of aromatic nitrogens is 1. The highest BCUT2D eigenvalue weighted by Crippen LogP contribution is 2.37. The van der Waals surface area contributed by atoms with E-state index in [0.717, 1.165) is 34.9 Å². The molecule has 1 aromatic heterocycles. The van der Waals surface area contributed by atoms with Gasteiger partial charge in [-0.1, -0.05) is 11.6 Å². The summed E-state index contributed by atoms with van der Waals surface area (Å²) in [6.07, 6.45) is 4.60. The van der Waals surface area contributed by atoms with Crippen molar-refractivity contribution in [3.8, 4) is 0 Å². The van der Waals surface area contributed by atoms with E-state index in [4.69, 9.17) is 11.6 Å². The zero-order valence-electron chi connectivity index (χ0n) is 12.2. The van der Waals surface area contributed by atoms with Gasteiger partial charge in [-0.2, -0.15) is 0 Å². The number of rotatable bonds is 2. The summed E-state index contributed by atoms with van der Waals surface area (Å²) in [5, 5.41) is 5.53. The topological polar surface area (TPSA) is 28.2 Å². The molecule has 2 aromatic rings. The SMILES string of the molecule is CC1CNC(C2CC2)CN1c1ccc(Cl)c2cccnc12. The average molecular weight is 302 g/mol. The van der Waals surface area contributed by atoms with Crippen molar-refractivity contribution in [3.63, 3.8) is 0 Å². The first-order chi connectivity index (χ1) is 10.2. The van der Waals surface area contributed by atoms with Crippen molar-refractivity contribution in [2.75, 3.05) is 18.0 Å². The molecule has 1 saturated heterocycles. The van der Waals surface area contributed by atoms with Gasteiger partial charge in [0.1, 0.15) is 0 Å². The van der Waals surface area contributed by atoms with Crippen LogP contribution in [0.15, 0.2) is 30.5 Å². The van der Waals surface area contributed by atoms with E-state index in [1.165, 1.54) is 18.5 Å². The van der Waals surface area contributed by atoms with E-state index in [1.54, 1.807) is 0 Å². The number of benzene rings is 1. The molecule has 2 fully saturated rings. The highest BCUT2D eigenvalue weighted by atomic mass is 35.5. The fourth-order valence-corrected chi connectivity index (χ4v) is 3.61. The summed E-state index contributed by atoms with van der Waals surface area (Å²) >= 11 is 6.32. The van der Waals surface area contributed by atoms with Crippen LogP contribution in [0.5, 0.6) is 0 Å². The molecule has 0 spiro atoms. The number of hydrogen-bond donors (Lipinski definition) is 1. The first kappa shape index (κ1) is 13.4. The summed E-state index contributed by atoms with van der Waals surface area (Å²) in [5.74, 6) is 0.867. The van der Waals surface area contributed by atoms with Crippen LogP contribution in [0, 0.1) is 5.92 Å². The molecule has 0 bridgehead atoms. The fourth-order valence-electron chi connectivity index (χ4n) is 3.39. The van der Waals surface area contributed by atoms with Gasteiger partial charge >= 0.3 is 0 Å². The molecular weight excluding hydrogens is 282 g/mol. The van der Waals surface area contributed by atoms with Gasteiger partial charge in [0.25, 0.3) is 0 Å². The van der Waals surface area contributed by atoms with Gasteiger partial charge in [-0.05, 0) is 49.9 Å². The van der Waals surface area contributed by atoms with Gasteiger partial charge in [0.2, 0.25) is 0 Å². The molecule has 2 aliphatic rings. The lowest BCUT2D eigenvalue weighted by atomic mass is 10.0. The minimum absolute atomic E-state index is 0.478. The van der Waals surface area contributed by atoms with Crippen molar-refractivity contribution in [3.05, 3.63) is 35.5 Å². The van der Waals surface area contributed by atoms with Crippen molar-refractivity contribution in [1.29, 1.82) is 0 Å². The molecule has 1 aromatic carbocycles. The first-order valence-corrected chi connectivity index (χ1v) is 8.15. The van der Waals surface area contributed by atoms with Crippen molar-refractivity contribution >= 4 is 28.2 Å². The second kappa shape index (κ2) is 5.15. The Kier molecular flexibility index (Phi) is 3.27. The molecule has 110 valence electrons. The van der Waals surface area contributed by atoms with Crippen molar-refractivity contribution in [2.24, 2.45) is 5.92 Å². The summed E-state index contributed by atoms with van der Waals surface area (Å²) in [6.45, 7) is 4.39. The molecule has 4 heteroatoms. The Bertz CT molecular complexity index is 668. The Morgan fingerprint density at radius 3 is 2.95 bits per heavy atom. The standard InChI is InChI=1S/C17H20ClN3/c1-11-9-20-15(12-4-5-12)10-21(11)16-7-6-14(18)13-3-2-8-19-17(13)16/h2-3,6-8,11-12,15,20H,4-5,9-10H2,1H3. The largest absolute Gasteiger partial charge is 0.364 e. The molecule has 4 rings (SSSR count). The summed E-state index contributed by atoms with van der Waals surface area (Å²) < 4.78 is 0. The molecular formula is C17H20ClN3. The Hall–Kier alpha value is -1.32. The van der Waals surface area contributed by atoms with Crippen LogP contribution in [0.1, 0.15) is 19.8 Å². The normalized spacial score (nSPS) is 26.3. The van der Waals surface area contributed by atoms with E-state index in [-0.39, 0.29) is 0 Å². The minimum Gasteiger partial charge on any atom is -0.364 e. The second-order valence-corrected chi connectivity index (χ2v) is 6.73. The van der Waals surface area contributed by atoms with E-state index in [1.807, 2.05) is 18.3 Å². The third-order valence-corrected chi connectivity index (χ3v) is 5.13. The zero-order valence-corrected chi connectivity index (χ0v) is 13.0. The Balaban J connectivity index is 1.75. The molecule has 3 nitrogen and oxygen atoms in total. The maximum atomic E-state index is 6.32. The fraction of sp³-hybridized carbons (Fsp3) is 0.471. The lowest BCUT2D eigenvalue weighted by molar-refractivity contribution is 0.376. The summed E-state index contributed by atoms with van der Waals surface area (Å²) in [4.78, 5) is 7.10. The maximum absolute atomic E-state index is 6.32. The van der Waals surface area contributed by atoms with E-state index < -0.39 is 0 Å². The summed E-state index contributed by atoms with van der Waals surface area (Å²) in [6, 6.07) is 9.23. The van der Waals surface area contributed by atoms with Gasteiger partial charge in [-0.25, -0.2) is 0 Å². The van der Waals surface area contributed by atoms with Gasteiger partial charge in [0.15, 0.2) is 0 Å². The first-order valence-electron chi connectivity index (χ1n) is 7.77. The van der Waals surface area contributed by atoms with E-state index in [2.05, 4.69) is 34.3 Å². The molecule has 1 N–H and O–H groups in total. The Morgan fingerprint density at radius 1 is 1.29 bits per heavy atom. The lowest BCUT2D eigenvalue weighted by Gasteiger charge is -2.41. The van der Waals surface area contributed by atoms with Gasteiger partial charge in [-0.3, -0.25) is 4.98 Å². The molecule has 0 radical (unpaired) electrons. The van der Waals surface area contributed by atoms with Crippen molar-refractivity contribution < 1.29 is 0 Å². The monoisotopic (exact) mass is 301 g/mol. The van der Waals surface area contributed by atoms with Crippen molar-refractivity contribution in [2.45, 2.75) is 31.8 Å². The smallest absolute Gasteiger partial charge is 0.0950 e. The van der Waals surface area contributed by atoms with Gasteiger partial charge in [0.05, 0.1) is 16.2 Å². The second-order valence-electron chi connectivity index (χ2n) is 6.32. The zero-order chi connectivity index (χ0) is 14.4. The van der Waals surface area contributed by atoms with Crippen LogP contribution >= 0.6 is 11.6 Å². The maximum Gasteiger partial charge on any atom is 0.0950 e. The number of halogens is 1. The van der Waals surface area contributed by atoms with Gasteiger partial charge < -0.3 is 10.2 Å². The number of pyridine rings is 1. The number of nitrogens with zero attached hydrogens (tertiary/aromatic N) is 2. The van der Waals surface area contributed by atoms with Crippen LogP contribution in [0.4, 0.5) is 5.69 Å². The van der Waals surface area contributed by atoms with Crippen molar-refractivity contribution in [1.82, 2.24) is 10.3 Å². The lowest BCUT2D eigenvalue weighted by Crippen LogP contribution is -2.56. The molecule has 1 saturated carbocycles. The molecule has 2 atom stereocenters. The number of anilines is 1. The third kappa shape index (κ3) is 2.39. The predicted molar refractivity (Wildman–Crippen MR) is 88.1 cm³/mol. The third-order valence-electron chi connectivity index (χ3n) is 4.80. The predicted octanol–water partition coefficient (Wildman–Crippen LogP) is 3.46. The molecule has 0 amide bonds. The quantitative estimate of drug-likeness (QED) is 0.920. The minimum atomic E-state index is 0.478. The van der Waals surface area contributed by atoms with Gasteiger partial charge in [-0.15, -0.1) is 0 Å². The average Bonchev–Trinajstić information content (AvgIpc) is 3.34. The van der Waals surface area contributed by atoms with Crippen LogP contribution in [0.2, 0.25) is 5.02 Å². The molecule has 1 aliphatic carbocycles. The van der Waals surface area contributed by atoms with E-state index in [9.17, 15) is 0 Å². The van der Waals surface area contributed by atoms with Gasteiger partial charge in [0, 0.05) is 36.8 Å². The molecule has 2 heterocycles. The highest BCUT2D eigenvalue weighted by molar-refractivity contribution is 6.35.